The lowest BCUT2D eigenvalue weighted by Gasteiger charge is -2.26. The fourth-order valence-corrected chi connectivity index (χ4v) is 4.25. The molecule has 32 heavy (non-hydrogen) atoms. The zero-order valence-corrected chi connectivity index (χ0v) is 18.0. The smallest absolute Gasteiger partial charge is 0.442 e. The van der Waals surface area contributed by atoms with Gasteiger partial charge in [0.15, 0.2) is 5.83 Å². The van der Waals surface area contributed by atoms with Gasteiger partial charge in [-0.15, -0.1) is 0 Å². The predicted octanol–water partition coefficient (Wildman–Crippen LogP) is 6.55. The van der Waals surface area contributed by atoms with Crippen molar-refractivity contribution in [3.05, 3.63) is 41.7 Å². The summed E-state index contributed by atoms with van der Waals surface area (Å²) in [6.07, 6.45) is 0.280. The minimum Gasteiger partial charge on any atom is -0.459 e. The summed E-state index contributed by atoms with van der Waals surface area (Å²) >= 11 is 0. The first kappa shape index (κ1) is 24.3. The molecule has 0 bridgehead atoms. The van der Waals surface area contributed by atoms with Crippen LogP contribution in [0, 0.1) is 17.8 Å². The van der Waals surface area contributed by atoms with Crippen LogP contribution in [0.4, 0.5) is 17.6 Å². The summed E-state index contributed by atoms with van der Waals surface area (Å²) in [5, 5.41) is 0. The second-order valence-electron chi connectivity index (χ2n) is 8.86. The number of carbonyl (C=O) groups is 2. The highest BCUT2D eigenvalue weighted by molar-refractivity contribution is 5.89. The van der Waals surface area contributed by atoms with Gasteiger partial charge in [-0.2, -0.15) is 13.2 Å². The van der Waals surface area contributed by atoms with Gasteiger partial charge in [0.2, 0.25) is 0 Å². The molecule has 8 heteroatoms. The lowest BCUT2D eigenvalue weighted by atomic mass is 9.83. The predicted molar refractivity (Wildman–Crippen MR) is 110 cm³/mol. The SMILES string of the molecule is CC1CCC(C(=O)Oc2ccc(C(=O)OC3CCC(C=C(F)C(F)(F)F)CC3)cc2)CC1. The molecule has 0 spiro atoms. The number of allylic oxidation sites excluding steroid dienone is 2. The zero-order valence-electron chi connectivity index (χ0n) is 18.0. The summed E-state index contributed by atoms with van der Waals surface area (Å²) in [5.74, 6) is -2.49. The first-order valence-corrected chi connectivity index (χ1v) is 11.1. The average molecular weight is 456 g/mol. The molecule has 0 heterocycles. The number of benzene rings is 1. The minimum atomic E-state index is -4.96. The van der Waals surface area contributed by atoms with Gasteiger partial charge in [-0.25, -0.2) is 9.18 Å². The quantitative estimate of drug-likeness (QED) is 0.286. The van der Waals surface area contributed by atoms with Crippen LogP contribution in [0.15, 0.2) is 36.2 Å². The molecule has 2 fully saturated rings. The van der Waals surface area contributed by atoms with Gasteiger partial charge < -0.3 is 9.47 Å². The summed E-state index contributed by atoms with van der Waals surface area (Å²) in [7, 11) is 0. The van der Waals surface area contributed by atoms with Crippen LogP contribution >= 0.6 is 0 Å². The first-order chi connectivity index (χ1) is 15.1. The molecule has 4 nitrogen and oxygen atoms in total. The standard InChI is InChI=1S/C24H28F4O4/c1-15-2-6-17(7-3-15)22(29)32-20-12-8-18(9-13-20)23(30)31-19-10-4-16(5-11-19)14-21(25)24(26,27)28/h8-9,12-17,19H,2-7,10-11H2,1H3. The number of ether oxygens (including phenoxy) is 2. The summed E-state index contributed by atoms with van der Waals surface area (Å²) < 4.78 is 60.9. The Morgan fingerprint density at radius 1 is 0.938 bits per heavy atom. The van der Waals surface area contributed by atoms with Crippen LogP contribution in [-0.2, 0) is 9.53 Å². The highest BCUT2D eigenvalue weighted by atomic mass is 19.4. The number of rotatable bonds is 5. The van der Waals surface area contributed by atoms with Crippen molar-refractivity contribution in [2.24, 2.45) is 17.8 Å². The summed E-state index contributed by atoms with van der Waals surface area (Å²) in [5.41, 5.74) is 0.293. The van der Waals surface area contributed by atoms with Gasteiger partial charge in [0, 0.05) is 0 Å². The van der Waals surface area contributed by atoms with E-state index < -0.39 is 30.0 Å². The highest BCUT2D eigenvalue weighted by Gasteiger charge is 2.35. The second-order valence-corrected chi connectivity index (χ2v) is 8.86. The van der Waals surface area contributed by atoms with Gasteiger partial charge in [-0.3, -0.25) is 4.79 Å². The largest absolute Gasteiger partial charge is 0.459 e. The molecule has 2 saturated carbocycles. The van der Waals surface area contributed by atoms with Crippen LogP contribution in [0.25, 0.3) is 0 Å². The minimum absolute atomic E-state index is 0.0922. The van der Waals surface area contributed by atoms with Crippen LogP contribution in [0.3, 0.4) is 0 Å². The van der Waals surface area contributed by atoms with Crippen LogP contribution in [-0.4, -0.2) is 24.2 Å². The van der Waals surface area contributed by atoms with E-state index in [1.54, 1.807) is 12.1 Å². The Hall–Kier alpha value is -2.38. The maximum atomic E-state index is 13.1. The maximum Gasteiger partial charge on any atom is 0.442 e. The van der Waals surface area contributed by atoms with Crippen molar-refractivity contribution in [3.63, 3.8) is 0 Å². The number of esters is 2. The Labute approximate surface area is 185 Å². The van der Waals surface area contributed by atoms with Crippen LogP contribution < -0.4 is 4.74 Å². The van der Waals surface area contributed by atoms with E-state index in [2.05, 4.69) is 6.92 Å². The summed E-state index contributed by atoms with van der Waals surface area (Å²) in [4.78, 5) is 24.7. The zero-order chi connectivity index (χ0) is 23.3. The van der Waals surface area contributed by atoms with Gasteiger partial charge in [0.25, 0.3) is 0 Å². The van der Waals surface area contributed by atoms with Gasteiger partial charge >= 0.3 is 18.1 Å². The van der Waals surface area contributed by atoms with E-state index in [0.717, 1.165) is 25.7 Å². The fraction of sp³-hybridized carbons (Fsp3) is 0.583. The lowest BCUT2D eigenvalue weighted by molar-refractivity contribution is -0.140. The molecule has 0 aromatic heterocycles. The molecule has 2 aliphatic rings. The van der Waals surface area contributed by atoms with E-state index in [9.17, 15) is 27.2 Å². The van der Waals surface area contributed by atoms with E-state index in [4.69, 9.17) is 9.47 Å². The van der Waals surface area contributed by atoms with Crippen LogP contribution in [0.2, 0.25) is 0 Å². The summed E-state index contributed by atoms with van der Waals surface area (Å²) in [6, 6.07) is 6.12. The first-order valence-electron chi connectivity index (χ1n) is 11.1. The molecule has 2 aliphatic carbocycles. The van der Waals surface area contributed by atoms with Crippen LogP contribution in [0.5, 0.6) is 5.75 Å². The Bertz CT molecular complexity index is 815. The Balaban J connectivity index is 1.46. The lowest BCUT2D eigenvalue weighted by Crippen LogP contribution is -2.25. The van der Waals surface area contributed by atoms with Crippen molar-refractivity contribution in [2.45, 2.75) is 70.6 Å². The van der Waals surface area contributed by atoms with Crippen molar-refractivity contribution in [1.82, 2.24) is 0 Å². The van der Waals surface area contributed by atoms with Gasteiger partial charge in [0.1, 0.15) is 11.9 Å². The molecular weight excluding hydrogens is 428 g/mol. The molecule has 0 unspecified atom stereocenters. The molecule has 0 N–H and O–H groups in total. The maximum absolute atomic E-state index is 13.1. The molecule has 176 valence electrons. The van der Waals surface area contributed by atoms with Gasteiger partial charge in [-0.05, 0) is 93.5 Å². The highest BCUT2D eigenvalue weighted by Crippen LogP contribution is 2.33. The number of carbonyl (C=O) groups excluding carboxylic acids is 2. The average Bonchev–Trinajstić information content (AvgIpc) is 2.75. The third-order valence-electron chi connectivity index (χ3n) is 6.30. The molecule has 1 aromatic carbocycles. The topological polar surface area (TPSA) is 52.6 Å². The van der Waals surface area contributed by atoms with E-state index in [1.165, 1.54) is 12.1 Å². The molecular formula is C24H28F4O4. The van der Waals surface area contributed by atoms with E-state index in [0.29, 0.717) is 49.0 Å². The van der Waals surface area contributed by atoms with Crippen molar-refractivity contribution >= 4 is 11.9 Å². The number of hydrogen-bond donors (Lipinski definition) is 0. The summed E-state index contributed by atoms with van der Waals surface area (Å²) in [6.45, 7) is 2.18. The Morgan fingerprint density at radius 2 is 1.53 bits per heavy atom. The van der Waals surface area contributed by atoms with Gasteiger partial charge in [-0.1, -0.05) is 6.92 Å². The third kappa shape index (κ3) is 6.81. The fourth-order valence-electron chi connectivity index (χ4n) is 4.25. The Kier molecular flexibility index (Phi) is 7.96. The monoisotopic (exact) mass is 456 g/mol. The Morgan fingerprint density at radius 3 is 2.09 bits per heavy atom. The number of alkyl halides is 3. The second kappa shape index (κ2) is 10.5. The van der Waals surface area contributed by atoms with Gasteiger partial charge in [0.05, 0.1) is 11.5 Å². The van der Waals surface area contributed by atoms with Crippen molar-refractivity contribution in [3.8, 4) is 5.75 Å². The molecule has 0 saturated heterocycles. The number of hydrogen-bond acceptors (Lipinski definition) is 4. The van der Waals surface area contributed by atoms with Crippen LogP contribution in [0.1, 0.15) is 68.6 Å². The third-order valence-corrected chi connectivity index (χ3v) is 6.30. The van der Waals surface area contributed by atoms with E-state index >= 15 is 0 Å². The normalized spacial score (nSPS) is 27.0. The number of halogens is 4. The van der Waals surface area contributed by atoms with E-state index in [-0.39, 0.29) is 11.9 Å². The molecule has 0 atom stereocenters. The molecule has 3 rings (SSSR count). The van der Waals surface area contributed by atoms with Crippen molar-refractivity contribution in [2.75, 3.05) is 0 Å². The molecule has 0 radical (unpaired) electrons. The molecule has 0 amide bonds. The molecule has 0 aliphatic heterocycles. The van der Waals surface area contributed by atoms with E-state index in [1.807, 2.05) is 0 Å². The molecule has 1 aromatic rings. The van der Waals surface area contributed by atoms with Crippen molar-refractivity contribution < 1.29 is 36.6 Å². The van der Waals surface area contributed by atoms with Crippen molar-refractivity contribution in [1.29, 1.82) is 0 Å².